The summed E-state index contributed by atoms with van der Waals surface area (Å²) in [6.45, 7) is 2.21. The van der Waals surface area contributed by atoms with Crippen LogP contribution in [0.1, 0.15) is 19.3 Å². The first-order valence-corrected chi connectivity index (χ1v) is 7.05. The van der Waals surface area contributed by atoms with Crippen molar-refractivity contribution in [3.8, 4) is 0 Å². The standard InChI is InChI=1S/C15H19FN2O3/c16-12-4-1-2-5-13(12)17-8-10-18(11-9-17)14(19)6-3-7-15(20)21/h1-2,4-5H,3,6-11H2,(H,20,21)/p-1. The largest absolute Gasteiger partial charge is 0.550 e. The van der Waals surface area contributed by atoms with Gasteiger partial charge in [-0.3, -0.25) is 4.79 Å². The van der Waals surface area contributed by atoms with E-state index in [1.165, 1.54) is 6.07 Å². The van der Waals surface area contributed by atoms with Gasteiger partial charge in [-0.2, -0.15) is 0 Å². The van der Waals surface area contributed by atoms with Gasteiger partial charge in [0, 0.05) is 38.6 Å². The van der Waals surface area contributed by atoms with Gasteiger partial charge in [0.25, 0.3) is 0 Å². The van der Waals surface area contributed by atoms with Crippen molar-refractivity contribution in [1.82, 2.24) is 4.90 Å². The summed E-state index contributed by atoms with van der Waals surface area (Å²) >= 11 is 0. The normalized spacial score (nSPS) is 15.1. The molecule has 1 fully saturated rings. The molecule has 5 nitrogen and oxygen atoms in total. The Kier molecular flexibility index (Phi) is 5.14. The van der Waals surface area contributed by atoms with Crippen LogP contribution in [0.25, 0.3) is 0 Å². The molecule has 2 rings (SSSR count). The molecule has 1 saturated heterocycles. The van der Waals surface area contributed by atoms with Crippen molar-refractivity contribution in [2.75, 3.05) is 31.1 Å². The summed E-state index contributed by atoms with van der Waals surface area (Å²) in [6, 6.07) is 6.59. The van der Waals surface area contributed by atoms with E-state index in [9.17, 15) is 19.1 Å². The average molecular weight is 293 g/mol. The van der Waals surface area contributed by atoms with E-state index in [-0.39, 0.29) is 24.6 Å². The molecular weight excluding hydrogens is 275 g/mol. The summed E-state index contributed by atoms with van der Waals surface area (Å²) in [5.74, 6) is -1.44. The van der Waals surface area contributed by atoms with Crippen molar-refractivity contribution >= 4 is 17.6 Å². The number of para-hydroxylation sites is 1. The molecule has 1 aliphatic rings. The Hall–Kier alpha value is -2.11. The van der Waals surface area contributed by atoms with E-state index in [1.807, 2.05) is 4.90 Å². The summed E-state index contributed by atoms with van der Waals surface area (Å²) in [7, 11) is 0. The number of hydrogen-bond donors (Lipinski definition) is 0. The summed E-state index contributed by atoms with van der Waals surface area (Å²) in [5, 5.41) is 10.3. The topological polar surface area (TPSA) is 63.7 Å². The summed E-state index contributed by atoms with van der Waals surface area (Å²) in [5.41, 5.74) is 0.557. The lowest BCUT2D eigenvalue weighted by atomic mass is 10.2. The highest BCUT2D eigenvalue weighted by Crippen LogP contribution is 2.20. The number of carboxylic acid groups (broad SMARTS) is 1. The second-order valence-corrected chi connectivity index (χ2v) is 5.04. The Morgan fingerprint density at radius 2 is 1.76 bits per heavy atom. The van der Waals surface area contributed by atoms with Gasteiger partial charge in [0.1, 0.15) is 5.82 Å². The Morgan fingerprint density at radius 3 is 2.38 bits per heavy atom. The monoisotopic (exact) mass is 293 g/mol. The average Bonchev–Trinajstić information content (AvgIpc) is 2.47. The number of amides is 1. The van der Waals surface area contributed by atoms with E-state index >= 15 is 0 Å². The molecule has 1 amide bonds. The van der Waals surface area contributed by atoms with Gasteiger partial charge in [-0.05, 0) is 25.0 Å². The molecule has 0 N–H and O–H groups in total. The number of nitrogens with zero attached hydrogens (tertiary/aromatic N) is 2. The van der Waals surface area contributed by atoms with Crippen molar-refractivity contribution in [3.05, 3.63) is 30.1 Å². The van der Waals surface area contributed by atoms with Gasteiger partial charge in [0.2, 0.25) is 5.91 Å². The molecule has 0 saturated carbocycles. The third kappa shape index (κ3) is 4.18. The van der Waals surface area contributed by atoms with Gasteiger partial charge >= 0.3 is 0 Å². The second kappa shape index (κ2) is 7.06. The summed E-state index contributed by atoms with van der Waals surface area (Å²) in [6.07, 6.45) is 0.420. The van der Waals surface area contributed by atoms with Gasteiger partial charge in [0.05, 0.1) is 5.69 Å². The van der Waals surface area contributed by atoms with Gasteiger partial charge in [-0.1, -0.05) is 12.1 Å². The zero-order valence-electron chi connectivity index (χ0n) is 11.8. The van der Waals surface area contributed by atoms with Crippen molar-refractivity contribution < 1.29 is 19.1 Å². The number of rotatable bonds is 5. The molecule has 114 valence electrons. The second-order valence-electron chi connectivity index (χ2n) is 5.04. The number of hydrogen-bond acceptors (Lipinski definition) is 4. The molecule has 6 heteroatoms. The minimum absolute atomic E-state index is 0.0515. The fraction of sp³-hybridized carbons (Fsp3) is 0.467. The highest BCUT2D eigenvalue weighted by atomic mass is 19.1. The lowest BCUT2D eigenvalue weighted by molar-refractivity contribution is -0.305. The molecule has 0 aliphatic carbocycles. The molecule has 0 aromatic heterocycles. The molecule has 0 radical (unpaired) electrons. The van der Waals surface area contributed by atoms with Crippen LogP contribution in [0.4, 0.5) is 10.1 Å². The summed E-state index contributed by atoms with van der Waals surface area (Å²) in [4.78, 5) is 25.8. The van der Waals surface area contributed by atoms with E-state index < -0.39 is 5.97 Å². The number of anilines is 1. The maximum Gasteiger partial charge on any atom is 0.222 e. The van der Waals surface area contributed by atoms with Gasteiger partial charge in [-0.15, -0.1) is 0 Å². The van der Waals surface area contributed by atoms with Gasteiger partial charge in [-0.25, -0.2) is 4.39 Å². The van der Waals surface area contributed by atoms with E-state index in [4.69, 9.17) is 0 Å². The molecule has 1 aromatic rings. The number of benzene rings is 1. The number of piperazine rings is 1. The molecule has 0 unspecified atom stereocenters. The smallest absolute Gasteiger partial charge is 0.222 e. The Labute approximate surface area is 123 Å². The highest BCUT2D eigenvalue weighted by Gasteiger charge is 2.22. The van der Waals surface area contributed by atoms with Crippen LogP contribution in [-0.4, -0.2) is 43.0 Å². The van der Waals surface area contributed by atoms with Crippen molar-refractivity contribution in [3.63, 3.8) is 0 Å². The Bertz CT molecular complexity index is 513. The quantitative estimate of drug-likeness (QED) is 0.788. The predicted molar refractivity (Wildman–Crippen MR) is 74.1 cm³/mol. The van der Waals surface area contributed by atoms with Crippen LogP contribution >= 0.6 is 0 Å². The van der Waals surface area contributed by atoms with Crippen LogP contribution in [0.15, 0.2) is 24.3 Å². The lowest BCUT2D eigenvalue weighted by Gasteiger charge is -2.36. The van der Waals surface area contributed by atoms with E-state index in [0.717, 1.165) is 0 Å². The van der Waals surface area contributed by atoms with E-state index in [2.05, 4.69) is 0 Å². The SMILES string of the molecule is O=C([O-])CCCC(=O)N1CCN(c2ccccc2F)CC1. The third-order valence-electron chi connectivity index (χ3n) is 3.60. The molecule has 0 atom stereocenters. The van der Waals surface area contributed by atoms with Crippen molar-refractivity contribution in [2.45, 2.75) is 19.3 Å². The first-order chi connectivity index (χ1) is 10.1. The third-order valence-corrected chi connectivity index (χ3v) is 3.60. The van der Waals surface area contributed by atoms with Gasteiger partial charge in [0.15, 0.2) is 0 Å². The van der Waals surface area contributed by atoms with Crippen LogP contribution in [-0.2, 0) is 9.59 Å². The maximum atomic E-state index is 13.7. The molecule has 1 heterocycles. The number of carbonyl (C=O) groups is 2. The van der Waals surface area contributed by atoms with Crippen LogP contribution in [0, 0.1) is 5.82 Å². The van der Waals surface area contributed by atoms with Crippen LogP contribution in [0.5, 0.6) is 0 Å². The molecule has 0 bridgehead atoms. The van der Waals surface area contributed by atoms with Crippen LogP contribution < -0.4 is 10.0 Å². The lowest BCUT2D eigenvalue weighted by Crippen LogP contribution is -2.49. The molecule has 0 spiro atoms. The fourth-order valence-corrected chi connectivity index (χ4v) is 2.45. The van der Waals surface area contributed by atoms with E-state index in [1.54, 1.807) is 23.1 Å². The zero-order valence-corrected chi connectivity index (χ0v) is 11.8. The number of carbonyl (C=O) groups excluding carboxylic acids is 2. The molecule has 1 aliphatic heterocycles. The number of carboxylic acids is 1. The minimum Gasteiger partial charge on any atom is -0.550 e. The zero-order chi connectivity index (χ0) is 15.2. The van der Waals surface area contributed by atoms with Crippen molar-refractivity contribution in [2.24, 2.45) is 0 Å². The van der Waals surface area contributed by atoms with Gasteiger partial charge < -0.3 is 19.7 Å². The summed E-state index contributed by atoms with van der Waals surface area (Å²) < 4.78 is 13.7. The first-order valence-electron chi connectivity index (χ1n) is 7.05. The highest BCUT2D eigenvalue weighted by molar-refractivity contribution is 5.77. The minimum atomic E-state index is -1.13. The maximum absolute atomic E-state index is 13.7. The predicted octanol–water partition coefficient (Wildman–Crippen LogP) is 0.394. The molecule has 21 heavy (non-hydrogen) atoms. The van der Waals surface area contributed by atoms with E-state index in [0.29, 0.717) is 38.3 Å². The first kappa shape index (κ1) is 15.3. The Morgan fingerprint density at radius 1 is 1.10 bits per heavy atom. The van der Waals surface area contributed by atoms with Crippen molar-refractivity contribution in [1.29, 1.82) is 0 Å². The number of aliphatic carboxylic acids is 1. The number of halogens is 1. The molecule has 1 aromatic carbocycles. The van der Waals surface area contributed by atoms with Crippen LogP contribution in [0.3, 0.4) is 0 Å². The van der Waals surface area contributed by atoms with Crippen LogP contribution in [0.2, 0.25) is 0 Å². The molecular formula is C15H18FN2O3-. The Balaban J connectivity index is 1.82. The fourth-order valence-electron chi connectivity index (χ4n) is 2.45.